The number of fused-ring (bicyclic) bond motifs is 1. The molecule has 2 heteroatoms. The van der Waals surface area contributed by atoms with Crippen molar-refractivity contribution in [2.45, 2.75) is 52.4 Å². The summed E-state index contributed by atoms with van der Waals surface area (Å²) in [5.41, 5.74) is 3.00. The van der Waals surface area contributed by atoms with E-state index in [1.54, 1.807) is 6.08 Å². The molecule has 0 saturated heterocycles. The Hall–Kier alpha value is -1.70. The number of hydrogen-bond acceptors (Lipinski definition) is 2. The fourth-order valence-electron chi connectivity index (χ4n) is 2.56. The van der Waals surface area contributed by atoms with E-state index < -0.39 is 0 Å². The van der Waals surface area contributed by atoms with Crippen LogP contribution < -0.4 is 0 Å². The Morgan fingerprint density at radius 1 is 0.900 bits per heavy atom. The van der Waals surface area contributed by atoms with Crippen LogP contribution in [-0.2, 0) is 6.42 Å². The summed E-state index contributed by atoms with van der Waals surface area (Å²) < 4.78 is 0. The monoisotopic (exact) mass is 270 g/mol. The zero-order chi connectivity index (χ0) is 14.5. The summed E-state index contributed by atoms with van der Waals surface area (Å²) in [5, 5.41) is 0. The van der Waals surface area contributed by atoms with E-state index in [0.717, 1.165) is 37.7 Å². The van der Waals surface area contributed by atoms with Gasteiger partial charge in [-0.05, 0) is 43.4 Å². The van der Waals surface area contributed by atoms with Crippen molar-refractivity contribution in [2.24, 2.45) is 0 Å². The molecule has 20 heavy (non-hydrogen) atoms. The quantitative estimate of drug-likeness (QED) is 0.761. The first-order chi connectivity index (χ1) is 9.67. The molecule has 0 unspecified atom stereocenters. The van der Waals surface area contributed by atoms with E-state index in [4.69, 9.17) is 0 Å². The number of hydrogen-bond donors (Lipinski definition) is 0. The average molecular weight is 270 g/mol. The summed E-state index contributed by atoms with van der Waals surface area (Å²) >= 11 is 0. The summed E-state index contributed by atoms with van der Waals surface area (Å²) in [6.07, 6.45) is 7.44. The van der Waals surface area contributed by atoms with Gasteiger partial charge < -0.3 is 0 Å². The Balaban J connectivity index is 2.26. The second-order valence-electron chi connectivity index (χ2n) is 5.45. The molecule has 2 nitrogen and oxygen atoms in total. The minimum atomic E-state index is -0.0101. The van der Waals surface area contributed by atoms with Crippen molar-refractivity contribution < 1.29 is 9.59 Å². The van der Waals surface area contributed by atoms with E-state index in [1.807, 2.05) is 18.2 Å². The summed E-state index contributed by atoms with van der Waals surface area (Å²) in [5.74, 6) is 0.0270. The largest absolute Gasteiger partial charge is 0.289 e. The lowest BCUT2D eigenvalue weighted by molar-refractivity contribution is 0.0981. The fourth-order valence-corrected chi connectivity index (χ4v) is 2.56. The Kier molecular flexibility index (Phi) is 4.89. The first kappa shape index (κ1) is 14.7. The van der Waals surface area contributed by atoms with Gasteiger partial charge in [0.25, 0.3) is 0 Å². The maximum absolute atomic E-state index is 12.4. The highest BCUT2D eigenvalue weighted by Gasteiger charge is 2.25. The van der Waals surface area contributed by atoms with E-state index in [-0.39, 0.29) is 11.6 Å². The van der Waals surface area contributed by atoms with Crippen LogP contribution in [0, 0.1) is 0 Å². The molecule has 0 bridgehead atoms. The van der Waals surface area contributed by atoms with Crippen molar-refractivity contribution in [1.82, 2.24) is 0 Å². The van der Waals surface area contributed by atoms with Crippen molar-refractivity contribution >= 4 is 11.6 Å². The molecule has 0 heterocycles. The molecule has 0 saturated carbocycles. The summed E-state index contributed by atoms with van der Waals surface area (Å²) in [4.78, 5) is 24.6. The zero-order valence-electron chi connectivity index (χ0n) is 12.4. The summed E-state index contributed by atoms with van der Waals surface area (Å²) in [6.45, 7) is 4.24. The third-order valence-corrected chi connectivity index (χ3v) is 3.81. The van der Waals surface area contributed by atoms with E-state index in [1.165, 1.54) is 0 Å². The van der Waals surface area contributed by atoms with Crippen LogP contribution in [0.5, 0.6) is 0 Å². The Bertz CT molecular complexity index is 553. The van der Waals surface area contributed by atoms with Crippen LogP contribution in [0.15, 0.2) is 29.8 Å². The minimum Gasteiger partial charge on any atom is -0.289 e. The van der Waals surface area contributed by atoms with Gasteiger partial charge in [0.15, 0.2) is 11.6 Å². The number of Topliss-reactive ketones (excluding diaryl/α,β-unsaturated/α-hetero) is 1. The van der Waals surface area contributed by atoms with Crippen molar-refractivity contribution in [2.75, 3.05) is 0 Å². The average Bonchev–Trinajstić information content (AvgIpc) is 2.47. The molecule has 2 rings (SSSR count). The Morgan fingerprint density at radius 2 is 1.60 bits per heavy atom. The van der Waals surface area contributed by atoms with Gasteiger partial charge in [0.2, 0.25) is 0 Å². The van der Waals surface area contributed by atoms with Gasteiger partial charge in [0, 0.05) is 16.7 Å². The number of carbonyl (C=O) groups excluding carboxylic acids is 2. The van der Waals surface area contributed by atoms with Crippen LogP contribution in [0.4, 0.5) is 0 Å². The van der Waals surface area contributed by atoms with E-state index >= 15 is 0 Å². The SMILES string of the molecule is CCCCC1=CC(=O)c2cc(CCCC)ccc2C1=O. The lowest BCUT2D eigenvalue weighted by atomic mass is 9.86. The molecule has 0 aromatic heterocycles. The molecule has 106 valence electrons. The van der Waals surface area contributed by atoms with E-state index in [2.05, 4.69) is 13.8 Å². The molecule has 0 N–H and O–H groups in total. The first-order valence-corrected chi connectivity index (χ1v) is 7.59. The lowest BCUT2D eigenvalue weighted by Crippen LogP contribution is -2.17. The third-order valence-electron chi connectivity index (χ3n) is 3.81. The summed E-state index contributed by atoms with van der Waals surface area (Å²) in [7, 11) is 0. The highest BCUT2D eigenvalue weighted by atomic mass is 16.1. The predicted molar refractivity (Wildman–Crippen MR) is 81.3 cm³/mol. The maximum atomic E-state index is 12.4. The van der Waals surface area contributed by atoms with Gasteiger partial charge >= 0.3 is 0 Å². The fraction of sp³-hybridized carbons (Fsp3) is 0.444. The molecule has 0 amide bonds. The molecule has 1 aliphatic rings. The first-order valence-electron chi connectivity index (χ1n) is 7.59. The topological polar surface area (TPSA) is 34.1 Å². The highest BCUT2D eigenvalue weighted by Crippen LogP contribution is 2.25. The second kappa shape index (κ2) is 6.65. The number of rotatable bonds is 6. The van der Waals surface area contributed by atoms with Gasteiger partial charge in [-0.2, -0.15) is 0 Å². The van der Waals surface area contributed by atoms with Crippen LogP contribution in [-0.4, -0.2) is 11.6 Å². The van der Waals surface area contributed by atoms with Crippen molar-refractivity contribution in [3.63, 3.8) is 0 Å². The van der Waals surface area contributed by atoms with Crippen molar-refractivity contribution in [3.05, 3.63) is 46.5 Å². The van der Waals surface area contributed by atoms with Gasteiger partial charge in [-0.15, -0.1) is 0 Å². The number of benzene rings is 1. The minimum absolute atomic E-state index is 0.0101. The molecule has 0 aliphatic heterocycles. The standard InChI is InChI=1S/C18H22O2/c1-3-5-7-13-9-10-15-16(11-13)17(19)12-14(18(15)20)8-6-4-2/h9-12H,3-8H2,1-2H3. The third kappa shape index (κ3) is 3.06. The Labute approximate surface area is 120 Å². The van der Waals surface area contributed by atoms with Gasteiger partial charge in [-0.3, -0.25) is 9.59 Å². The normalized spacial score (nSPS) is 14.2. The van der Waals surface area contributed by atoms with Crippen LogP contribution >= 0.6 is 0 Å². The molecule has 1 aromatic rings. The molecular weight excluding hydrogens is 248 g/mol. The molecule has 0 radical (unpaired) electrons. The van der Waals surface area contributed by atoms with E-state index in [0.29, 0.717) is 23.1 Å². The van der Waals surface area contributed by atoms with E-state index in [9.17, 15) is 9.59 Å². The summed E-state index contributed by atoms with van der Waals surface area (Å²) in [6, 6.07) is 5.72. The number of unbranched alkanes of at least 4 members (excludes halogenated alkanes) is 2. The number of allylic oxidation sites excluding steroid dienone is 2. The van der Waals surface area contributed by atoms with Gasteiger partial charge in [-0.1, -0.05) is 38.8 Å². The van der Waals surface area contributed by atoms with Crippen LogP contribution in [0.2, 0.25) is 0 Å². The number of ketones is 2. The molecule has 0 spiro atoms. The maximum Gasteiger partial charge on any atom is 0.189 e. The smallest absolute Gasteiger partial charge is 0.189 e. The highest BCUT2D eigenvalue weighted by molar-refractivity contribution is 6.24. The predicted octanol–water partition coefficient (Wildman–Crippen LogP) is 4.52. The van der Waals surface area contributed by atoms with Crippen LogP contribution in [0.3, 0.4) is 0 Å². The molecule has 0 fully saturated rings. The Morgan fingerprint density at radius 3 is 2.30 bits per heavy atom. The number of carbonyl (C=O) groups is 2. The van der Waals surface area contributed by atoms with Gasteiger partial charge in [0.05, 0.1) is 0 Å². The van der Waals surface area contributed by atoms with Gasteiger partial charge in [0.1, 0.15) is 0 Å². The van der Waals surface area contributed by atoms with Crippen molar-refractivity contribution in [1.29, 1.82) is 0 Å². The van der Waals surface area contributed by atoms with Crippen LogP contribution in [0.25, 0.3) is 0 Å². The second-order valence-corrected chi connectivity index (χ2v) is 5.45. The zero-order valence-corrected chi connectivity index (χ0v) is 12.4. The van der Waals surface area contributed by atoms with Crippen LogP contribution in [0.1, 0.15) is 72.2 Å². The number of aryl methyl sites for hydroxylation is 1. The molecule has 1 aliphatic carbocycles. The molecular formula is C18H22O2. The molecule has 0 atom stereocenters. The van der Waals surface area contributed by atoms with Gasteiger partial charge in [-0.25, -0.2) is 0 Å². The molecule has 1 aromatic carbocycles. The van der Waals surface area contributed by atoms with Crippen molar-refractivity contribution in [3.8, 4) is 0 Å². The lowest BCUT2D eigenvalue weighted by Gasteiger charge is -2.16.